The zero-order valence-corrected chi connectivity index (χ0v) is 56.3. The maximum absolute atomic E-state index is 13.2. The number of carboxylic acids is 3. The van der Waals surface area contributed by atoms with Crippen LogP contribution in [0.1, 0.15) is 107 Å². The van der Waals surface area contributed by atoms with Crippen LogP contribution in [0.5, 0.6) is 0 Å². The van der Waals surface area contributed by atoms with Gasteiger partial charge < -0.3 is 70.2 Å². The summed E-state index contributed by atoms with van der Waals surface area (Å²) in [4.78, 5) is 112. The summed E-state index contributed by atoms with van der Waals surface area (Å²) < 4.78 is 0. The summed E-state index contributed by atoms with van der Waals surface area (Å²) >= 11 is 0. The Morgan fingerprint density at radius 2 is 1.05 bits per heavy atom. The highest BCUT2D eigenvalue weighted by atomic mass is 16.4. The molecule has 0 fully saturated rings. The van der Waals surface area contributed by atoms with Crippen LogP contribution in [0.4, 0.5) is 23.0 Å². The van der Waals surface area contributed by atoms with E-state index in [1.807, 2.05) is 116 Å². The van der Waals surface area contributed by atoms with Crippen molar-refractivity contribution in [1.82, 2.24) is 45.9 Å². The summed E-state index contributed by atoms with van der Waals surface area (Å²) in [5, 5.41) is 48.1. The quantitative estimate of drug-likeness (QED) is 0.00834. The number of aliphatic imine (C=N–C) groups is 1. The van der Waals surface area contributed by atoms with Gasteiger partial charge in [0.15, 0.2) is 11.7 Å². The molecule has 5 aromatic carbocycles. The van der Waals surface area contributed by atoms with Gasteiger partial charge in [-0.3, -0.25) is 53.7 Å². The molecule has 3 amide bonds. The van der Waals surface area contributed by atoms with Crippen LogP contribution in [0.15, 0.2) is 169 Å². The number of carbonyl (C=O) groups is 7. The van der Waals surface area contributed by atoms with Crippen molar-refractivity contribution in [2.75, 3.05) is 67.5 Å². The molecule has 101 heavy (non-hydrogen) atoms. The number of nitrogen functional groups attached to an aromatic ring is 1. The number of carbonyl (C=O) groups excluding carboxylic acids is 4. The number of fused-ring (bicyclic) bond motifs is 4. The van der Waals surface area contributed by atoms with E-state index < -0.39 is 23.9 Å². The molecular formula is C74H85N17O10. The number of carboxylic acid groups (broad SMARTS) is 3. The van der Waals surface area contributed by atoms with Gasteiger partial charge in [0.1, 0.15) is 11.6 Å². The number of anilines is 4. The van der Waals surface area contributed by atoms with Gasteiger partial charge in [0.2, 0.25) is 17.8 Å². The SMILES string of the molecule is CC(=O)c1cnc2ccccc2c1NCCNc1ncccn1.Cc1nc2ccccc2c(-c2ccccc2)c1CC(NC(=O)CCCC(=O)O)C(=O)NCCCCN.NC(N)=NCCCCNc1c(C(=O)NCCCC(=O)O)cnc2ccccc12.Nc1c(C(=O)O)cnc2ccccc12. The molecule has 526 valence electrons. The summed E-state index contributed by atoms with van der Waals surface area (Å²) in [7, 11) is 0. The second kappa shape index (κ2) is 39.8. The molecule has 1 unspecified atom stereocenters. The Labute approximate surface area is 583 Å². The molecule has 10 aromatic rings. The summed E-state index contributed by atoms with van der Waals surface area (Å²) in [6.07, 6.45) is 11.8. The van der Waals surface area contributed by atoms with E-state index in [2.05, 4.69) is 61.8 Å². The molecule has 10 rings (SSSR count). The van der Waals surface area contributed by atoms with Crippen molar-refractivity contribution in [3.05, 3.63) is 192 Å². The van der Waals surface area contributed by atoms with E-state index in [1.165, 1.54) is 12.4 Å². The average Bonchev–Trinajstić information content (AvgIpc) is 0.789. The second-order valence-corrected chi connectivity index (χ2v) is 23.0. The van der Waals surface area contributed by atoms with Crippen molar-refractivity contribution >= 4 is 114 Å². The van der Waals surface area contributed by atoms with Gasteiger partial charge in [0.05, 0.1) is 50.3 Å². The lowest BCUT2D eigenvalue weighted by molar-refractivity contribution is -0.138. The largest absolute Gasteiger partial charge is 0.481 e. The summed E-state index contributed by atoms with van der Waals surface area (Å²) in [5.74, 6) is -3.17. The van der Waals surface area contributed by atoms with Crippen LogP contribution in [0.2, 0.25) is 0 Å². The van der Waals surface area contributed by atoms with Crippen molar-refractivity contribution in [2.24, 2.45) is 22.2 Å². The smallest absolute Gasteiger partial charge is 0.339 e. The van der Waals surface area contributed by atoms with Crippen LogP contribution in [-0.4, -0.2) is 144 Å². The number of pyridine rings is 4. The number of benzene rings is 5. The van der Waals surface area contributed by atoms with Crippen LogP contribution in [0.3, 0.4) is 0 Å². The highest BCUT2D eigenvalue weighted by molar-refractivity contribution is 6.08. The Balaban J connectivity index is 0.000000197. The summed E-state index contributed by atoms with van der Waals surface area (Å²) in [5.41, 5.74) is 31.6. The third-order valence-corrected chi connectivity index (χ3v) is 15.6. The maximum atomic E-state index is 13.2. The number of para-hydroxylation sites is 4. The molecule has 0 radical (unpaired) electrons. The van der Waals surface area contributed by atoms with E-state index in [9.17, 15) is 33.6 Å². The molecule has 17 N–H and O–H groups in total. The van der Waals surface area contributed by atoms with Crippen molar-refractivity contribution in [3.8, 4) is 11.1 Å². The second-order valence-electron chi connectivity index (χ2n) is 23.0. The number of aromatic nitrogens is 6. The molecule has 27 nitrogen and oxygen atoms in total. The first-order valence-electron chi connectivity index (χ1n) is 32.9. The Hall–Kier alpha value is -12.3. The van der Waals surface area contributed by atoms with Crippen LogP contribution in [0, 0.1) is 6.92 Å². The number of amides is 3. The van der Waals surface area contributed by atoms with Gasteiger partial charge in [-0.05, 0) is 106 Å². The number of hydrogen-bond acceptors (Lipinski definition) is 19. The molecule has 0 spiro atoms. The van der Waals surface area contributed by atoms with Crippen molar-refractivity contribution in [1.29, 1.82) is 0 Å². The number of unbranched alkanes of at least 4 members (excludes halogenated alkanes) is 2. The standard InChI is InChI=1S/C28H34N4O4.C19H26N6O3.C17H17N5O.C10H8N2O2/c1-19-22(27(20-10-3-2-4-11-20)21-12-5-6-13-23(21)31-19)18-24(28(36)30-17-8-7-16-29)32-25(33)14-9-15-26(34)35;20-19(21)24-10-4-3-9-22-17-13-6-1-2-7-15(13)25-12-14(17)18(28)23-11-5-8-16(26)27;1-12(23)14-11-22-15-6-3-2-5-13(15)16(14)18-9-10-21-17-19-7-4-8-20-17;11-9-6-3-1-2-4-8(6)12-5-7(9)10(13)14/h2-6,10-13,24H,7-9,14-18,29H2,1H3,(H,30,36)(H,32,33)(H,34,35);1-2,6-7,12H,3-5,8-11H2,(H,22,25)(H,23,28)(H,26,27)(H4,20,21,24);2-8,11H,9-10H2,1H3,(H,18,22)(H,19,20,21);1-5H,(H2,11,12)(H,13,14). The number of hydrogen-bond donors (Lipinski definition) is 13. The van der Waals surface area contributed by atoms with Crippen LogP contribution < -0.4 is 54.8 Å². The first kappa shape index (κ1) is 76.1. The number of guanidine groups is 1. The van der Waals surface area contributed by atoms with Crippen LogP contribution in [-0.2, 0) is 25.6 Å². The molecule has 0 saturated heterocycles. The number of nitrogens with two attached hydrogens (primary N) is 4. The molecule has 0 bridgehead atoms. The lowest BCUT2D eigenvalue weighted by Crippen LogP contribution is -2.48. The van der Waals surface area contributed by atoms with Crippen LogP contribution >= 0.6 is 0 Å². The summed E-state index contributed by atoms with van der Waals surface area (Å²) in [6.45, 7) is 7.22. The fourth-order valence-electron chi connectivity index (χ4n) is 10.6. The zero-order chi connectivity index (χ0) is 72.5. The minimum absolute atomic E-state index is 0.00916. The van der Waals surface area contributed by atoms with E-state index >= 15 is 0 Å². The number of aryl methyl sites for hydroxylation is 1. The average molecular weight is 1370 g/mol. The Kier molecular flexibility index (Phi) is 30.0. The molecule has 27 heteroatoms. The topological polar surface area (TPSA) is 446 Å². The van der Waals surface area contributed by atoms with Gasteiger partial charge in [-0.25, -0.2) is 14.8 Å². The van der Waals surface area contributed by atoms with Gasteiger partial charge in [0.25, 0.3) is 5.91 Å². The Morgan fingerprint density at radius 1 is 0.525 bits per heavy atom. The molecule has 5 aromatic heterocycles. The predicted molar refractivity (Wildman–Crippen MR) is 394 cm³/mol. The molecule has 1 atom stereocenters. The maximum Gasteiger partial charge on any atom is 0.339 e. The highest BCUT2D eigenvalue weighted by Gasteiger charge is 2.26. The number of Topliss-reactive ketones (excluding diaryl/α,β-unsaturated/α-hetero) is 1. The van der Waals surface area contributed by atoms with Crippen molar-refractivity contribution in [2.45, 2.75) is 84.1 Å². The van der Waals surface area contributed by atoms with Crippen LogP contribution in [0.25, 0.3) is 54.7 Å². The molecule has 0 aliphatic rings. The van der Waals surface area contributed by atoms with E-state index in [1.54, 1.807) is 49.8 Å². The van der Waals surface area contributed by atoms with Crippen molar-refractivity contribution in [3.63, 3.8) is 0 Å². The zero-order valence-electron chi connectivity index (χ0n) is 56.3. The first-order valence-corrected chi connectivity index (χ1v) is 32.9. The fraction of sp³-hybridized carbons (Fsp3) is 0.270. The minimum atomic E-state index is -1.05. The molecule has 0 aliphatic heterocycles. The lowest BCUT2D eigenvalue weighted by Gasteiger charge is -2.22. The molecule has 0 aliphatic carbocycles. The van der Waals surface area contributed by atoms with Gasteiger partial charge >= 0.3 is 17.9 Å². The summed E-state index contributed by atoms with van der Waals surface area (Å²) in [6, 6.07) is 41.3. The number of nitrogens with one attached hydrogen (secondary N) is 6. The normalized spacial score (nSPS) is 10.9. The minimum Gasteiger partial charge on any atom is -0.481 e. The number of ketones is 1. The number of aromatic carboxylic acids is 1. The molecule has 0 saturated carbocycles. The molecular weight excluding hydrogens is 1290 g/mol. The third kappa shape index (κ3) is 23.5. The third-order valence-electron chi connectivity index (χ3n) is 15.6. The van der Waals surface area contributed by atoms with Gasteiger partial charge in [0, 0.05) is 123 Å². The number of aliphatic carboxylic acids is 2. The van der Waals surface area contributed by atoms with Gasteiger partial charge in [-0.2, -0.15) is 0 Å². The van der Waals surface area contributed by atoms with E-state index in [0.29, 0.717) is 79.4 Å². The van der Waals surface area contributed by atoms with E-state index in [0.717, 1.165) is 86.5 Å². The fourth-order valence-corrected chi connectivity index (χ4v) is 10.6. The van der Waals surface area contributed by atoms with E-state index in [-0.39, 0.29) is 79.4 Å². The Bertz CT molecular complexity index is 4490. The number of rotatable bonds is 31. The highest BCUT2D eigenvalue weighted by Crippen LogP contribution is 2.34. The Morgan fingerprint density at radius 3 is 1.66 bits per heavy atom. The van der Waals surface area contributed by atoms with Crippen molar-refractivity contribution < 1.29 is 48.9 Å². The predicted octanol–water partition coefficient (Wildman–Crippen LogP) is 8.91. The first-order chi connectivity index (χ1) is 48.8. The molecule has 5 heterocycles. The van der Waals surface area contributed by atoms with Gasteiger partial charge in [-0.1, -0.05) is 103 Å². The van der Waals surface area contributed by atoms with E-state index in [4.69, 9.17) is 43.2 Å². The van der Waals surface area contributed by atoms with Gasteiger partial charge in [-0.15, -0.1) is 0 Å². The number of nitrogens with zero attached hydrogens (tertiary/aromatic N) is 7. The monoisotopic (exact) mass is 1370 g/mol. The lowest BCUT2D eigenvalue weighted by atomic mass is 9.90.